The van der Waals surface area contributed by atoms with Crippen LogP contribution in [0.2, 0.25) is 0 Å². The van der Waals surface area contributed by atoms with Crippen LogP contribution in [-0.2, 0) is 31.0 Å². The lowest BCUT2D eigenvalue weighted by molar-refractivity contribution is -0.134. The number of carboxylic acid groups (broad SMARTS) is 4. The number of aliphatic carboxylic acids is 4. The number of carboxylic acids is 4. The van der Waals surface area contributed by atoms with Crippen LogP contribution < -0.4 is 0 Å². The maximum absolute atomic E-state index is 11.9. The molecule has 226 valence electrons. The molecule has 1 aliphatic carbocycles. The Bertz CT molecular complexity index is 1060. The van der Waals surface area contributed by atoms with E-state index in [4.69, 9.17) is 25.2 Å². The van der Waals surface area contributed by atoms with Crippen molar-refractivity contribution in [3.63, 3.8) is 0 Å². The molecule has 2 aliphatic heterocycles. The van der Waals surface area contributed by atoms with E-state index in [0.29, 0.717) is 42.2 Å². The summed E-state index contributed by atoms with van der Waals surface area (Å²) < 4.78 is 7.19. The van der Waals surface area contributed by atoms with Crippen molar-refractivity contribution in [3.05, 3.63) is 42.3 Å². The Hall–Kier alpha value is -4.20. The maximum Gasteiger partial charge on any atom is 0.409 e. The third kappa shape index (κ3) is 10.7. The van der Waals surface area contributed by atoms with Gasteiger partial charge in [0.15, 0.2) is 0 Å². The smallest absolute Gasteiger partial charge is 0.409 e. The molecule has 0 atom stereocenters. The summed E-state index contributed by atoms with van der Waals surface area (Å²) >= 11 is 0. The van der Waals surface area contributed by atoms with Crippen LogP contribution in [0.4, 0.5) is 4.79 Å². The van der Waals surface area contributed by atoms with Gasteiger partial charge in [0.1, 0.15) is 0 Å². The van der Waals surface area contributed by atoms with Crippen LogP contribution in [0, 0.1) is 5.41 Å². The highest BCUT2D eigenvalue weighted by molar-refractivity contribution is 5.90. The second-order valence-electron chi connectivity index (χ2n) is 10.1. The van der Waals surface area contributed by atoms with Gasteiger partial charge in [-0.25, -0.2) is 24.0 Å². The minimum absolute atomic E-state index is 0.125. The van der Waals surface area contributed by atoms with Gasteiger partial charge in [-0.1, -0.05) is 0 Å². The first kappa shape index (κ1) is 33.0. The quantitative estimate of drug-likeness (QED) is 0.344. The molecule has 4 N–H and O–H groups in total. The average molecular weight is 579 g/mol. The molecule has 0 bridgehead atoms. The van der Waals surface area contributed by atoms with E-state index in [0.717, 1.165) is 25.6 Å². The van der Waals surface area contributed by atoms with Crippen LogP contribution in [0.3, 0.4) is 0 Å². The highest BCUT2D eigenvalue weighted by Gasteiger charge is 2.51. The predicted octanol–water partition coefficient (Wildman–Crippen LogP) is 2.03. The fourth-order valence-corrected chi connectivity index (χ4v) is 5.47. The van der Waals surface area contributed by atoms with Crippen molar-refractivity contribution in [2.45, 2.75) is 51.0 Å². The predicted molar refractivity (Wildman–Crippen MR) is 144 cm³/mol. The Labute approximate surface area is 237 Å². The fraction of sp³-hybridized carbons (Fsp3) is 0.556. The van der Waals surface area contributed by atoms with Crippen LogP contribution in [0.1, 0.15) is 50.6 Å². The summed E-state index contributed by atoms with van der Waals surface area (Å²) in [6.07, 6.45) is 10.1. The second kappa shape index (κ2) is 15.6. The van der Waals surface area contributed by atoms with E-state index in [1.54, 1.807) is 0 Å². The summed E-state index contributed by atoms with van der Waals surface area (Å²) in [5.74, 6) is -4.37. The number of carbonyl (C=O) groups excluding carboxylic acids is 1. The largest absolute Gasteiger partial charge is 0.478 e. The topological polar surface area (TPSA) is 200 Å². The van der Waals surface area contributed by atoms with Crippen LogP contribution >= 0.6 is 0 Å². The molecular weight excluding hydrogens is 540 g/mol. The van der Waals surface area contributed by atoms with Crippen molar-refractivity contribution in [1.29, 1.82) is 0 Å². The lowest BCUT2D eigenvalue weighted by atomic mass is 9.64. The number of aryl methyl sites for hydroxylation is 1. The van der Waals surface area contributed by atoms with E-state index >= 15 is 0 Å². The van der Waals surface area contributed by atoms with Crippen LogP contribution in [0.5, 0.6) is 0 Å². The van der Waals surface area contributed by atoms with Gasteiger partial charge in [-0.05, 0) is 63.6 Å². The Morgan fingerprint density at radius 2 is 1.44 bits per heavy atom. The van der Waals surface area contributed by atoms with Crippen molar-refractivity contribution in [2.75, 3.05) is 32.8 Å². The molecular formula is C27H38N4O10. The van der Waals surface area contributed by atoms with E-state index < -0.39 is 23.9 Å². The molecule has 0 radical (unpaired) electrons. The zero-order chi connectivity index (χ0) is 30.6. The van der Waals surface area contributed by atoms with E-state index in [9.17, 15) is 24.0 Å². The van der Waals surface area contributed by atoms with Gasteiger partial charge in [0.25, 0.3) is 0 Å². The molecule has 1 aromatic rings. The number of aromatic nitrogens is 2. The molecule has 41 heavy (non-hydrogen) atoms. The lowest BCUT2D eigenvalue weighted by Crippen LogP contribution is -2.54. The molecule has 4 rings (SSSR count). The zero-order valence-electron chi connectivity index (χ0n) is 23.2. The molecule has 0 aromatic carbocycles. The maximum atomic E-state index is 11.9. The monoisotopic (exact) mass is 578 g/mol. The molecule has 14 nitrogen and oxygen atoms in total. The van der Waals surface area contributed by atoms with Gasteiger partial charge in [-0.3, -0.25) is 4.68 Å². The minimum Gasteiger partial charge on any atom is -0.478 e. The van der Waals surface area contributed by atoms with Gasteiger partial charge in [-0.2, -0.15) is 5.10 Å². The third-order valence-electron chi connectivity index (χ3n) is 7.36. The Morgan fingerprint density at radius 1 is 0.927 bits per heavy atom. The van der Waals surface area contributed by atoms with Crippen LogP contribution in [-0.4, -0.2) is 109 Å². The standard InChI is InChI=1S/C19H30N4O2.2C4H4O4/c1-3-25-18(24)23-11-7-19(14-23)12-16(13-19)22-9-5-15(6-10-22)17-4-8-20-21(17)2;2*5-3(6)1-2-4(7)8/h4,8,15-16H,3,5-7,9-14H2,1-2H3;2*1-2H,(H,5,6)(H,7,8)/b;2*2-1+. The van der Waals surface area contributed by atoms with Crippen molar-refractivity contribution >= 4 is 30.0 Å². The number of amides is 1. The summed E-state index contributed by atoms with van der Waals surface area (Å²) in [7, 11) is 2.05. The number of hydrogen-bond acceptors (Lipinski definition) is 8. The highest BCUT2D eigenvalue weighted by atomic mass is 16.6. The minimum atomic E-state index is -1.26. The third-order valence-corrected chi connectivity index (χ3v) is 7.36. The molecule has 3 fully saturated rings. The second-order valence-corrected chi connectivity index (χ2v) is 10.1. The van der Waals surface area contributed by atoms with E-state index in [-0.39, 0.29) is 6.09 Å². The molecule has 0 unspecified atom stereocenters. The van der Waals surface area contributed by atoms with Crippen molar-refractivity contribution in [2.24, 2.45) is 12.5 Å². The summed E-state index contributed by atoms with van der Waals surface area (Å²) in [5.41, 5.74) is 1.75. The van der Waals surface area contributed by atoms with Crippen molar-refractivity contribution < 1.29 is 49.1 Å². The van der Waals surface area contributed by atoms with Crippen molar-refractivity contribution in [1.82, 2.24) is 19.6 Å². The average Bonchev–Trinajstić information content (AvgIpc) is 3.54. The summed E-state index contributed by atoms with van der Waals surface area (Å²) in [6.45, 7) is 6.49. The summed E-state index contributed by atoms with van der Waals surface area (Å²) in [5, 5.41) is 35.6. The number of hydrogen-bond donors (Lipinski definition) is 4. The SMILES string of the molecule is CCOC(=O)N1CCC2(CC(N3CCC(c4ccnn4C)CC3)C2)C1.O=C(O)/C=C/C(=O)O.O=C(O)/C=C/C(=O)O. The number of rotatable bonds is 7. The normalized spacial score (nSPS) is 22.4. The number of nitrogens with zero attached hydrogens (tertiary/aromatic N) is 4. The van der Waals surface area contributed by atoms with E-state index in [1.807, 2.05) is 29.7 Å². The van der Waals surface area contributed by atoms with Gasteiger partial charge in [0.2, 0.25) is 0 Å². The van der Waals surface area contributed by atoms with Crippen LogP contribution in [0.25, 0.3) is 0 Å². The molecule has 1 saturated carbocycles. The van der Waals surface area contributed by atoms with Crippen molar-refractivity contribution in [3.8, 4) is 0 Å². The van der Waals surface area contributed by atoms with Crippen LogP contribution in [0.15, 0.2) is 36.6 Å². The Kier molecular flexibility index (Phi) is 12.5. The molecule has 3 heterocycles. The first-order valence-electron chi connectivity index (χ1n) is 13.3. The summed E-state index contributed by atoms with van der Waals surface area (Å²) in [6, 6.07) is 2.89. The number of piperidine rings is 1. The zero-order valence-corrected chi connectivity index (χ0v) is 23.2. The van der Waals surface area contributed by atoms with Gasteiger partial charge >= 0.3 is 30.0 Å². The van der Waals surface area contributed by atoms with Gasteiger partial charge in [-0.15, -0.1) is 0 Å². The highest BCUT2D eigenvalue weighted by Crippen LogP contribution is 2.51. The molecule has 1 amide bonds. The first-order chi connectivity index (χ1) is 19.4. The van der Waals surface area contributed by atoms with Gasteiger partial charge in [0.05, 0.1) is 6.61 Å². The Morgan fingerprint density at radius 3 is 1.85 bits per heavy atom. The molecule has 1 spiro atoms. The van der Waals surface area contributed by atoms with Gasteiger partial charge < -0.3 is 35.0 Å². The fourth-order valence-electron chi connectivity index (χ4n) is 5.47. The molecule has 1 aromatic heterocycles. The summed E-state index contributed by atoms with van der Waals surface area (Å²) in [4.78, 5) is 54.7. The molecule has 3 aliphatic rings. The number of likely N-dealkylation sites (tertiary alicyclic amines) is 2. The molecule has 2 saturated heterocycles. The first-order valence-corrected chi connectivity index (χ1v) is 13.3. The number of ether oxygens (including phenoxy) is 1. The van der Waals surface area contributed by atoms with E-state index in [1.165, 1.54) is 44.5 Å². The van der Waals surface area contributed by atoms with Gasteiger partial charge in [0, 0.05) is 68.3 Å². The lowest BCUT2D eigenvalue weighted by Gasteiger charge is -2.51. The molecule has 14 heteroatoms. The Balaban J connectivity index is 0.000000304. The van der Waals surface area contributed by atoms with E-state index in [2.05, 4.69) is 16.1 Å². The number of carbonyl (C=O) groups is 5.